The Morgan fingerprint density at radius 1 is 1.08 bits per heavy atom. The van der Waals surface area contributed by atoms with E-state index < -0.39 is 41.0 Å². The van der Waals surface area contributed by atoms with Crippen molar-refractivity contribution in [2.45, 2.75) is 13.0 Å². The Morgan fingerprint density at radius 2 is 1.79 bits per heavy atom. The summed E-state index contributed by atoms with van der Waals surface area (Å²) in [5.74, 6) is -4.61. The Hall–Kier alpha value is -2.54. The molecule has 0 fully saturated rings. The first-order valence-corrected chi connectivity index (χ1v) is 7.07. The van der Waals surface area contributed by atoms with Gasteiger partial charge in [-0.15, -0.1) is 0 Å². The van der Waals surface area contributed by atoms with Crippen molar-refractivity contribution in [2.75, 3.05) is 5.32 Å². The highest BCUT2D eigenvalue weighted by molar-refractivity contribution is 6.30. The number of amides is 1. The fraction of sp³-hybridized carbons (Fsp3) is 0.125. The van der Waals surface area contributed by atoms with E-state index in [1.54, 1.807) is 0 Å². The van der Waals surface area contributed by atoms with Crippen molar-refractivity contribution in [3.8, 4) is 0 Å². The van der Waals surface area contributed by atoms with Gasteiger partial charge in [-0.25, -0.2) is 18.0 Å². The summed E-state index contributed by atoms with van der Waals surface area (Å²) in [5.41, 5.74) is -0.714. The van der Waals surface area contributed by atoms with E-state index in [9.17, 15) is 22.8 Å². The zero-order valence-electron chi connectivity index (χ0n) is 12.3. The van der Waals surface area contributed by atoms with E-state index in [0.717, 1.165) is 24.3 Å². The number of hydrogen-bond donors (Lipinski definition) is 1. The second-order valence-electron chi connectivity index (χ2n) is 4.79. The third-order valence-electron chi connectivity index (χ3n) is 2.99. The minimum atomic E-state index is -1.35. The monoisotopic (exact) mass is 357 g/mol. The van der Waals surface area contributed by atoms with E-state index in [-0.39, 0.29) is 10.7 Å². The van der Waals surface area contributed by atoms with E-state index in [0.29, 0.717) is 6.07 Å². The summed E-state index contributed by atoms with van der Waals surface area (Å²) in [6, 6.07) is 5.86. The predicted octanol–water partition coefficient (Wildman–Crippen LogP) is 3.94. The van der Waals surface area contributed by atoms with Gasteiger partial charge in [-0.2, -0.15) is 0 Å². The van der Waals surface area contributed by atoms with Crippen molar-refractivity contribution in [3.05, 3.63) is 64.4 Å². The Labute approximate surface area is 140 Å². The Balaban J connectivity index is 2.05. The van der Waals surface area contributed by atoms with Gasteiger partial charge >= 0.3 is 5.97 Å². The minimum absolute atomic E-state index is 0.119. The van der Waals surface area contributed by atoms with E-state index in [4.69, 9.17) is 16.3 Å². The van der Waals surface area contributed by atoms with Crippen LogP contribution in [0, 0.1) is 17.5 Å². The SMILES string of the molecule is C[C@H](OC(=O)c1cc(Cl)ccc1F)C(=O)Nc1ccc(F)cc1F. The average molecular weight is 358 g/mol. The molecule has 2 aromatic carbocycles. The fourth-order valence-electron chi connectivity index (χ4n) is 1.76. The van der Waals surface area contributed by atoms with E-state index in [1.807, 2.05) is 0 Å². The number of rotatable bonds is 4. The third-order valence-corrected chi connectivity index (χ3v) is 3.23. The van der Waals surface area contributed by atoms with E-state index in [1.165, 1.54) is 13.0 Å². The topological polar surface area (TPSA) is 55.4 Å². The van der Waals surface area contributed by atoms with E-state index >= 15 is 0 Å². The van der Waals surface area contributed by atoms with Crippen LogP contribution in [0.15, 0.2) is 36.4 Å². The Bertz CT molecular complexity index is 798. The lowest BCUT2D eigenvalue weighted by Gasteiger charge is -2.14. The van der Waals surface area contributed by atoms with Gasteiger partial charge in [-0.05, 0) is 37.3 Å². The number of halogens is 4. The van der Waals surface area contributed by atoms with Crippen LogP contribution in [0.5, 0.6) is 0 Å². The molecule has 0 aliphatic heterocycles. The molecule has 0 unspecified atom stereocenters. The van der Waals surface area contributed by atoms with Crippen molar-refractivity contribution in [2.24, 2.45) is 0 Å². The number of esters is 1. The highest BCUT2D eigenvalue weighted by atomic mass is 35.5. The summed E-state index contributed by atoms with van der Waals surface area (Å²) in [4.78, 5) is 23.8. The maximum absolute atomic E-state index is 13.6. The molecule has 2 aromatic rings. The molecule has 0 bridgehead atoms. The summed E-state index contributed by atoms with van der Waals surface area (Å²) in [6.45, 7) is 1.22. The van der Waals surface area contributed by atoms with Crippen molar-refractivity contribution < 1.29 is 27.5 Å². The van der Waals surface area contributed by atoms with Crippen LogP contribution in [0.1, 0.15) is 17.3 Å². The molecule has 1 amide bonds. The van der Waals surface area contributed by atoms with Gasteiger partial charge in [0.05, 0.1) is 11.3 Å². The van der Waals surface area contributed by atoms with Gasteiger partial charge in [0.1, 0.15) is 17.5 Å². The fourth-order valence-corrected chi connectivity index (χ4v) is 1.93. The van der Waals surface area contributed by atoms with Crippen LogP contribution in [0.25, 0.3) is 0 Å². The third kappa shape index (κ3) is 4.26. The Kier molecular flexibility index (Phi) is 5.46. The molecule has 0 radical (unpaired) electrons. The number of carbonyl (C=O) groups excluding carboxylic acids is 2. The summed E-state index contributed by atoms with van der Waals surface area (Å²) < 4.78 is 44.7. The normalized spacial score (nSPS) is 11.7. The maximum atomic E-state index is 13.6. The van der Waals surface area contributed by atoms with Crippen molar-refractivity contribution in [3.63, 3.8) is 0 Å². The summed E-state index contributed by atoms with van der Waals surface area (Å²) in [5, 5.41) is 2.26. The highest BCUT2D eigenvalue weighted by Crippen LogP contribution is 2.18. The minimum Gasteiger partial charge on any atom is -0.449 e. The lowest BCUT2D eigenvalue weighted by Crippen LogP contribution is -2.30. The number of benzene rings is 2. The van der Waals surface area contributed by atoms with Crippen LogP contribution in [0.2, 0.25) is 5.02 Å². The van der Waals surface area contributed by atoms with Crippen LogP contribution in [-0.4, -0.2) is 18.0 Å². The molecule has 0 aliphatic rings. The summed E-state index contributed by atoms with van der Waals surface area (Å²) in [7, 11) is 0. The molecular formula is C16H11ClF3NO3. The second-order valence-corrected chi connectivity index (χ2v) is 5.22. The molecule has 8 heteroatoms. The molecule has 0 saturated carbocycles. The summed E-state index contributed by atoms with van der Waals surface area (Å²) >= 11 is 5.67. The lowest BCUT2D eigenvalue weighted by molar-refractivity contribution is -0.123. The molecule has 2 rings (SSSR count). The summed E-state index contributed by atoms with van der Waals surface area (Å²) in [6.07, 6.45) is -1.35. The number of anilines is 1. The molecule has 0 saturated heterocycles. The molecular weight excluding hydrogens is 347 g/mol. The van der Waals surface area contributed by atoms with Gasteiger partial charge in [0, 0.05) is 11.1 Å². The van der Waals surface area contributed by atoms with Crippen LogP contribution in [0.3, 0.4) is 0 Å². The molecule has 4 nitrogen and oxygen atoms in total. The van der Waals surface area contributed by atoms with Crippen molar-refractivity contribution in [1.82, 2.24) is 0 Å². The zero-order valence-corrected chi connectivity index (χ0v) is 13.0. The van der Waals surface area contributed by atoms with Gasteiger partial charge in [-0.3, -0.25) is 4.79 Å². The molecule has 0 heterocycles. The number of ether oxygens (including phenoxy) is 1. The first-order valence-electron chi connectivity index (χ1n) is 6.70. The smallest absolute Gasteiger partial charge is 0.341 e. The average Bonchev–Trinajstić information content (AvgIpc) is 2.52. The number of hydrogen-bond acceptors (Lipinski definition) is 3. The van der Waals surface area contributed by atoms with Crippen LogP contribution >= 0.6 is 11.6 Å². The molecule has 0 aromatic heterocycles. The second kappa shape index (κ2) is 7.35. The molecule has 0 spiro atoms. The first-order chi connectivity index (χ1) is 11.3. The quantitative estimate of drug-likeness (QED) is 0.843. The van der Waals surface area contributed by atoms with E-state index in [2.05, 4.69) is 5.32 Å². The first kappa shape index (κ1) is 17.8. The lowest BCUT2D eigenvalue weighted by atomic mass is 10.2. The van der Waals surface area contributed by atoms with Crippen molar-refractivity contribution in [1.29, 1.82) is 0 Å². The van der Waals surface area contributed by atoms with Gasteiger partial charge in [0.2, 0.25) is 0 Å². The Morgan fingerprint density at radius 3 is 2.46 bits per heavy atom. The maximum Gasteiger partial charge on any atom is 0.341 e. The van der Waals surface area contributed by atoms with Crippen molar-refractivity contribution >= 4 is 29.2 Å². The van der Waals surface area contributed by atoms with Gasteiger partial charge in [0.15, 0.2) is 6.10 Å². The molecule has 24 heavy (non-hydrogen) atoms. The largest absolute Gasteiger partial charge is 0.449 e. The standard InChI is InChI=1S/C16H11ClF3NO3/c1-8(15(22)21-14-5-3-10(18)7-13(14)20)24-16(23)11-6-9(17)2-4-12(11)19/h2-8H,1H3,(H,21,22)/t8-/m0/s1. The predicted molar refractivity (Wildman–Crippen MR) is 81.3 cm³/mol. The number of nitrogens with one attached hydrogen (secondary N) is 1. The molecule has 1 N–H and O–H groups in total. The molecule has 1 atom stereocenters. The van der Waals surface area contributed by atoms with Gasteiger partial charge in [0.25, 0.3) is 5.91 Å². The zero-order chi connectivity index (χ0) is 17.9. The van der Waals surface area contributed by atoms with Gasteiger partial charge < -0.3 is 10.1 Å². The highest BCUT2D eigenvalue weighted by Gasteiger charge is 2.22. The van der Waals surface area contributed by atoms with Gasteiger partial charge in [-0.1, -0.05) is 11.6 Å². The van der Waals surface area contributed by atoms with Crippen LogP contribution < -0.4 is 5.32 Å². The van der Waals surface area contributed by atoms with Crippen LogP contribution in [0.4, 0.5) is 18.9 Å². The van der Waals surface area contributed by atoms with Crippen LogP contribution in [-0.2, 0) is 9.53 Å². The number of carbonyl (C=O) groups is 2. The molecule has 126 valence electrons. The molecule has 0 aliphatic carbocycles.